The molecule has 0 N–H and O–H groups in total. The number of nitro benzene ring substituents is 1. The molecule has 6 heteroatoms. The van der Waals surface area contributed by atoms with Crippen LogP contribution in [0.5, 0.6) is 0 Å². The molecule has 1 amide bonds. The van der Waals surface area contributed by atoms with Crippen LogP contribution in [0.1, 0.15) is 43.0 Å². The molecule has 5 nitrogen and oxygen atoms in total. The molecule has 0 spiro atoms. The van der Waals surface area contributed by atoms with E-state index in [2.05, 4.69) is 22.6 Å². The molecule has 1 saturated heterocycles. The van der Waals surface area contributed by atoms with E-state index in [0.717, 1.165) is 35.8 Å². The van der Waals surface area contributed by atoms with Crippen LogP contribution in [-0.2, 0) is 0 Å². The lowest BCUT2D eigenvalue weighted by Gasteiger charge is -2.27. The zero-order valence-electron chi connectivity index (χ0n) is 11.3. The maximum atomic E-state index is 12.7. The number of hydrogen-bond acceptors (Lipinski definition) is 3. The van der Waals surface area contributed by atoms with E-state index in [0.29, 0.717) is 5.56 Å². The molecule has 0 aromatic heterocycles. The summed E-state index contributed by atoms with van der Waals surface area (Å²) in [6.07, 6.45) is 4.27. The standard InChI is InChI=1S/C14H17IN2O3/c1-10-5-3-2-4-8-16(10)14(18)12-9-11(17(19)20)6-7-13(12)15/h6-7,9-10H,2-5,8H2,1H3. The number of halogens is 1. The number of nitrogens with zero attached hydrogens (tertiary/aromatic N) is 2. The first-order valence-corrected chi connectivity index (χ1v) is 7.83. The average Bonchev–Trinajstić information content (AvgIpc) is 2.63. The normalized spacial score (nSPS) is 19.5. The Morgan fingerprint density at radius 2 is 2.15 bits per heavy atom. The van der Waals surface area contributed by atoms with Gasteiger partial charge < -0.3 is 4.90 Å². The summed E-state index contributed by atoms with van der Waals surface area (Å²) >= 11 is 2.06. The number of nitro groups is 1. The van der Waals surface area contributed by atoms with Gasteiger partial charge in [-0.15, -0.1) is 0 Å². The minimum absolute atomic E-state index is 0.0313. The Labute approximate surface area is 131 Å². The van der Waals surface area contributed by atoms with Crippen LogP contribution in [0.2, 0.25) is 0 Å². The molecule has 0 bridgehead atoms. The van der Waals surface area contributed by atoms with Gasteiger partial charge in [0.15, 0.2) is 0 Å². The average molecular weight is 388 g/mol. The summed E-state index contributed by atoms with van der Waals surface area (Å²) in [5.41, 5.74) is 0.407. The number of non-ortho nitro benzene ring substituents is 1. The Morgan fingerprint density at radius 3 is 2.85 bits per heavy atom. The van der Waals surface area contributed by atoms with E-state index in [1.165, 1.54) is 12.1 Å². The van der Waals surface area contributed by atoms with E-state index in [1.54, 1.807) is 6.07 Å². The summed E-state index contributed by atoms with van der Waals surface area (Å²) in [5, 5.41) is 10.9. The van der Waals surface area contributed by atoms with E-state index in [1.807, 2.05) is 11.8 Å². The van der Waals surface area contributed by atoms with E-state index in [4.69, 9.17) is 0 Å². The van der Waals surface area contributed by atoms with Gasteiger partial charge in [-0.25, -0.2) is 0 Å². The third-order valence-corrected chi connectivity index (χ3v) is 4.65. The highest BCUT2D eigenvalue weighted by Crippen LogP contribution is 2.24. The molecule has 1 aliphatic rings. The monoisotopic (exact) mass is 388 g/mol. The molecule has 0 radical (unpaired) electrons. The molecule has 1 heterocycles. The number of likely N-dealkylation sites (tertiary alicyclic amines) is 1. The topological polar surface area (TPSA) is 63.5 Å². The zero-order chi connectivity index (χ0) is 14.7. The number of hydrogen-bond donors (Lipinski definition) is 0. The number of carbonyl (C=O) groups is 1. The van der Waals surface area contributed by atoms with Crippen molar-refractivity contribution in [1.82, 2.24) is 4.90 Å². The second kappa shape index (κ2) is 6.51. The molecule has 1 aromatic carbocycles. The van der Waals surface area contributed by atoms with Crippen molar-refractivity contribution in [2.75, 3.05) is 6.54 Å². The van der Waals surface area contributed by atoms with Crippen LogP contribution in [0.4, 0.5) is 5.69 Å². The summed E-state index contributed by atoms with van der Waals surface area (Å²) in [6, 6.07) is 4.65. The van der Waals surface area contributed by atoms with Crippen LogP contribution < -0.4 is 0 Å². The van der Waals surface area contributed by atoms with Gasteiger partial charge in [0.25, 0.3) is 11.6 Å². The SMILES string of the molecule is CC1CCCCCN1C(=O)c1cc([N+](=O)[O-])ccc1I. The van der Waals surface area contributed by atoms with Gasteiger partial charge in [-0.05, 0) is 48.4 Å². The fraction of sp³-hybridized carbons (Fsp3) is 0.500. The van der Waals surface area contributed by atoms with Gasteiger partial charge >= 0.3 is 0 Å². The van der Waals surface area contributed by atoms with Crippen molar-refractivity contribution in [3.05, 3.63) is 37.4 Å². The fourth-order valence-electron chi connectivity index (χ4n) is 2.52. The van der Waals surface area contributed by atoms with Crippen LogP contribution in [0.15, 0.2) is 18.2 Å². The highest BCUT2D eigenvalue weighted by molar-refractivity contribution is 14.1. The van der Waals surface area contributed by atoms with E-state index in [9.17, 15) is 14.9 Å². The minimum Gasteiger partial charge on any atom is -0.336 e. The summed E-state index contributed by atoms with van der Waals surface area (Å²) in [7, 11) is 0. The van der Waals surface area contributed by atoms with Crippen molar-refractivity contribution < 1.29 is 9.72 Å². The molecular weight excluding hydrogens is 371 g/mol. The Morgan fingerprint density at radius 1 is 1.40 bits per heavy atom. The molecule has 108 valence electrons. The van der Waals surface area contributed by atoms with Gasteiger partial charge in [0.05, 0.1) is 10.5 Å². The van der Waals surface area contributed by atoms with Gasteiger partial charge in [-0.2, -0.15) is 0 Å². The maximum Gasteiger partial charge on any atom is 0.270 e. The van der Waals surface area contributed by atoms with E-state index in [-0.39, 0.29) is 17.6 Å². The van der Waals surface area contributed by atoms with Crippen molar-refractivity contribution in [2.45, 2.75) is 38.6 Å². The quantitative estimate of drug-likeness (QED) is 0.442. The summed E-state index contributed by atoms with van der Waals surface area (Å²) < 4.78 is 0.759. The predicted octanol–water partition coefficient (Wildman–Crippen LogP) is 3.60. The van der Waals surface area contributed by atoms with Gasteiger partial charge in [0, 0.05) is 28.3 Å². The molecule has 1 aromatic rings. The number of benzene rings is 1. The first kappa shape index (κ1) is 15.2. The highest BCUT2D eigenvalue weighted by atomic mass is 127. The lowest BCUT2D eigenvalue weighted by atomic mass is 10.1. The molecular formula is C14H17IN2O3. The number of carbonyl (C=O) groups excluding carboxylic acids is 1. The summed E-state index contributed by atoms with van der Waals surface area (Å²) in [4.78, 5) is 24.9. The van der Waals surface area contributed by atoms with Crippen LogP contribution >= 0.6 is 22.6 Å². The molecule has 20 heavy (non-hydrogen) atoms. The van der Waals surface area contributed by atoms with Gasteiger partial charge in [0.2, 0.25) is 0 Å². The molecule has 2 rings (SSSR count). The maximum absolute atomic E-state index is 12.7. The van der Waals surface area contributed by atoms with Crippen molar-refractivity contribution in [3.8, 4) is 0 Å². The van der Waals surface area contributed by atoms with E-state index < -0.39 is 4.92 Å². The largest absolute Gasteiger partial charge is 0.336 e. The molecule has 0 saturated carbocycles. The molecule has 0 aliphatic carbocycles. The molecule has 1 unspecified atom stereocenters. The molecule has 1 fully saturated rings. The Hall–Kier alpha value is -1.18. The smallest absolute Gasteiger partial charge is 0.270 e. The number of amides is 1. The van der Waals surface area contributed by atoms with Gasteiger partial charge in [-0.1, -0.05) is 12.8 Å². The van der Waals surface area contributed by atoms with Gasteiger partial charge in [0.1, 0.15) is 0 Å². The zero-order valence-corrected chi connectivity index (χ0v) is 13.5. The Kier molecular flexibility index (Phi) is 4.95. The Bertz CT molecular complexity index is 533. The van der Waals surface area contributed by atoms with Gasteiger partial charge in [-0.3, -0.25) is 14.9 Å². The van der Waals surface area contributed by atoms with Crippen LogP contribution in [-0.4, -0.2) is 28.3 Å². The van der Waals surface area contributed by atoms with Crippen LogP contribution in [0.3, 0.4) is 0 Å². The van der Waals surface area contributed by atoms with Crippen molar-refractivity contribution >= 4 is 34.2 Å². The lowest BCUT2D eigenvalue weighted by molar-refractivity contribution is -0.384. The second-order valence-corrected chi connectivity index (χ2v) is 6.28. The number of rotatable bonds is 2. The van der Waals surface area contributed by atoms with Crippen LogP contribution in [0.25, 0.3) is 0 Å². The molecule has 1 aliphatic heterocycles. The lowest BCUT2D eigenvalue weighted by Crippen LogP contribution is -2.38. The Balaban J connectivity index is 2.31. The minimum atomic E-state index is -0.460. The predicted molar refractivity (Wildman–Crippen MR) is 84.8 cm³/mol. The third kappa shape index (κ3) is 3.28. The highest BCUT2D eigenvalue weighted by Gasteiger charge is 2.25. The second-order valence-electron chi connectivity index (χ2n) is 5.12. The first-order valence-electron chi connectivity index (χ1n) is 6.75. The van der Waals surface area contributed by atoms with Crippen molar-refractivity contribution in [3.63, 3.8) is 0 Å². The first-order chi connectivity index (χ1) is 9.50. The van der Waals surface area contributed by atoms with Crippen LogP contribution in [0, 0.1) is 13.7 Å². The third-order valence-electron chi connectivity index (χ3n) is 3.71. The summed E-state index contributed by atoms with van der Waals surface area (Å²) in [6.45, 7) is 2.78. The molecule has 1 atom stereocenters. The van der Waals surface area contributed by atoms with Crippen molar-refractivity contribution in [1.29, 1.82) is 0 Å². The fourth-order valence-corrected chi connectivity index (χ4v) is 3.09. The van der Waals surface area contributed by atoms with Crippen molar-refractivity contribution in [2.24, 2.45) is 0 Å². The van der Waals surface area contributed by atoms with E-state index >= 15 is 0 Å². The summed E-state index contributed by atoms with van der Waals surface area (Å²) in [5.74, 6) is -0.0903.